The predicted octanol–water partition coefficient (Wildman–Crippen LogP) is 12.9. The molecule has 0 aromatic carbocycles. The zero-order valence-corrected chi connectivity index (χ0v) is 39.1. The van der Waals surface area contributed by atoms with Crippen LogP contribution in [0.1, 0.15) is 187 Å². The van der Waals surface area contributed by atoms with Crippen LogP contribution in [0.15, 0.2) is 60.8 Å². The minimum absolute atomic E-state index is 0.183. The lowest BCUT2D eigenvalue weighted by Gasteiger charge is -2.25. The lowest BCUT2D eigenvalue weighted by atomic mass is 10.0. The maximum absolute atomic E-state index is 12.7. The van der Waals surface area contributed by atoms with Crippen molar-refractivity contribution in [1.82, 2.24) is 0 Å². The standard InChI is InChI=1S/C51H89NO8/c1-6-8-10-12-14-15-16-17-18-19-20-21-22-23-24-25-26-27-28-29-30-31-32-33-34-35-36-38-40-42-49(54)60-47(45-58-48(53)41-39-37-13-11-9-7-2)46-59-51(50(55)56)57-44-43-52(3,4)5/h8,10,14-15,17-18,20-21,23-24,47,51H,6-7,9,11-13,16,19,22,25-46H2,1-5H3/p+1/b10-8-,15-14-,18-17-,21-20-,24-23-. The van der Waals surface area contributed by atoms with Gasteiger partial charge in [-0.15, -0.1) is 0 Å². The zero-order valence-electron chi connectivity index (χ0n) is 39.1. The number of carbonyl (C=O) groups excluding carboxylic acids is 2. The van der Waals surface area contributed by atoms with Gasteiger partial charge in [-0.2, -0.15) is 0 Å². The fourth-order valence-corrected chi connectivity index (χ4v) is 6.33. The maximum Gasteiger partial charge on any atom is 0.361 e. The largest absolute Gasteiger partial charge is 0.477 e. The summed E-state index contributed by atoms with van der Waals surface area (Å²) in [6.07, 6.45) is 49.0. The van der Waals surface area contributed by atoms with Gasteiger partial charge in [-0.25, -0.2) is 4.79 Å². The molecule has 9 nitrogen and oxygen atoms in total. The Morgan fingerprint density at radius 1 is 0.517 bits per heavy atom. The number of esters is 2. The number of ether oxygens (including phenoxy) is 4. The van der Waals surface area contributed by atoms with Crippen LogP contribution in [0.2, 0.25) is 0 Å². The van der Waals surface area contributed by atoms with Crippen LogP contribution in [-0.4, -0.2) is 87.4 Å². The minimum Gasteiger partial charge on any atom is -0.477 e. The van der Waals surface area contributed by atoms with E-state index in [0.29, 0.717) is 17.4 Å². The van der Waals surface area contributed by atoms with Crippen LogP contribution in [0.3, 0.4) is 0 Å². The molecule has 2 unspecified atom stereocenters. The van der Waals surface area contributed by atoms with Crippen LogP contribution in [0.5, 0.6) is 0 Å². The molecule has 0 aliphatic rings. The highest BCUT2D eigenvalue weighted by atomic mass is 16.7. The third kappa shape index (κ3) is 43.1. The van der Waals surface area contributed by atoms with Gasteiger partial charge in [-0.1, -0.05) is 177 Å². The van der Waals surface area contributed by atoms with E-state index in [1.54, 1.807) is 0 Å². The number of nitrogens with zero attached hydrogens (tertiary/aromatic N) is 1. The molecule has 0 amide bonds. The first-order valence-electron chi connectivity index (χ1n) is 24.0. The lowest BCUT2D eigenvalue weighted by Crippen LogP contribution is -2.40. The summed E-state index contributed by atoms with van der Waals surface area (Å²) < 4.78 is 22.6. The van der Waals surface area contributed by atoms with Gasteiger partial charge in [-0.05, 0) is 57.8 Å². The van der Waals surface area contributed by atoms with E-state index in [-0.39, 0.29) is 32.2 Å². The van der Waals surface area contributed by atoms with E-state index in [1.807, 2.05) is 21.1 Å². The molecule has 346 valence electrons. The molecule has 0 aromatic rings. The summed E-state index contributed by atoms with van der Waals surface area (Å²) in [5.41, 5.74) is 0. The molecular weight excluding hydrogens is 755 g/mol. The number of aliphatic carboxylic acids is 1. The van der Waals surface area contributed by atoms with Gasteiger partial charge >= 0.3 is 17.9 Å². The molecule has 0 rings (SSSR count). The van der Waals surface area contributed by atoms with Gasteiger partial charge in [0, 0.05) is 12.8 Å². The summed E-state index contributed by atoms with van der Waals surface area (Å²) >= 11 is 0. The number of quaternary nitrogens is 1. The smallest absolute Gasteiger partial charge is 0.361 e. The summed E-state index contributed by atoms with van der Waals surface area (Å²) in [4.78, 5) is 36.9. The molecule has 0 saturated carbocycles. The van der Waals surface area contributed by atoms with Crippen LogP contribution >= 0.6 is 0 Å². The van der Waals surface area contributed by atoms with Gasteiger partial charge in [0.2, 0.25) is 0 Å². The maximum atomic E-state index is 12.7. The quantitative estimate of drug-likeness (QED) is 0.0212. The normalized spacial score (nSPS) is 13.4. The van der Waals surface area contributed by atoms with Crippen LogP contribution in [-0.2, 0) is 33.3 Å². The first kappa shape index (κ1) is 57.0. The van der Waals surface area contributed by atoms with E-state index in [9.17, 15) is 19.5 Å². The average Bonchev–Trinajstić information content (AvgIpc) is 3.21. The second kappa shape index (κ2) is 42.7. The number of unbranched alkanes of at least 4 members (excludes halogenated alkanes) is 18. The van der Waals surface area contributed by atoms with Gasteiger partial charge in [0.15, 0.2) is 6.10 Å². The molecule has 0 radical (unpaired) electrons. The number of rotatable bonds is 43. The van der Waals surface area contributed by atoms with Gasteiger partial charge in [0.1, 0.15) is 13.2 Å². The van der Waals surface area contributed by atoms with Crippen molar-refractivity contribution in [3.8, 4) is 0 Å². The first-order valence-corrected chi connectivity index (χ1v) is 24.0. The summed E-state index contributed by atoms with van der Waals surface area (Å²) in [6, 6.07) is 0. The third-order valence-corrected chi connectivity index (χ3v) is 10.0. The second-order valence-electron chi connectivity index (χ2n) is 17.0. The minimum atomic E-state index is -1.51. The number of allylic oxidation sites excluding steroid dienone is 10. The summed E-state index contributed by atoms with van der Waals surface area (Å²) in [5, 5.41) is 9.60. The van der Waals surface area contributed by atoms with Crippen molar-refractivity contribution in [1.29, 1.82) is 0 Å². The molecule has 0 aliphatic heterocycles. The molecule has 0 saturated heterocycles. The van der Waals surface area contributed by atoms with Crippen LogP contribution in [0, 0.1) is 0 Å². The molecule has 0 aromatic heterocycles. The molecule has 0 heterocycles. The van der Waals surface area contributed by atoms with Crippen molar-refractivity contribution in [3.05, 3.63) is 60.8 Å². The van der Waals surface area contributed by atoms with Gasteiger partial charge in [0.05, 0.1) is 34.4 Å². The van der Waals surface area contributed by atoms with Crippen molar-refractivity contribution < 1.29 is 42.9 Å². The molecule has 0 bridgehead atoms. The van der Waals surface area contributed by atoms with E-state index in [1.165, 1.54) is 83.5 Å². The van der Waals surface area contributed by atoms with Crippen molar-refractivity contribution >= 4 is 17.9 Å². The van der Waals surface area contributed by atoms with E-state index < -0.39 is 24.3 Å². The number of hydrogen-bond donors (Lipinski definition) is 1. The number of likely N-dealkylation sites (N-methyl/N-ethyl adjacent to an activating group) is 1. The van der Waals surface area contributed by atoms with Crippen molar-refractivity contribution in [3.63, 3.8) is 0 Å². The van der Waals surface area contributed by atoms with Crippen molar-refractivity contribution in [2.24, 2.45) is 0 Å². The monoisotopic (exact) mass is 845 g/mol. The molecule has 0 aliphatic carbocycles. The van der Waals surface area contributed by atoms with E-state index >= 15 is 0 Å². The molecule has 1 N–H and O–H groups in total. The van der Waals surface area contributed by atoms with Crippen molar-refractivity contribution in [2.45, 2.75) is 200 Å². The topological polar surface area (TPSA) is 108 Å². The second-order valence-corrected chi connectivity index (χ2v) is 17.0. The highest BCUT2D eigenvalue weighted by Crippen LogP contribution is 2.15. The Bertz CT molecular complexity index is 1170. The SMILES string of the molecule is CC/C=C\C/C=C\C/C=C\C/C=C\C/C=C\CCCCCCCCCCCCCCCC(=O)OC(COC(=O)CCCCCCCC)COC(OCC[N+](C)(C)C)C(=O)O. The highest BCUT2D eigenvalue weighted by Gasteiger charge is 2.25. The zero-order chi connectivity index (χ0) is 44.2. The first-order chi connectivity index (χ1) is 29.1. The van der Waals surface area contributed by atoms with Crippen molar-refractivity contribution in [2.75, 3.05) is 47.5 Å². The van der Waals surface area contributed by atoms with E-state index in [2.05, 4.69) is 74.6 Å². The number of carboxylic acids is 1. The van der Waals surface area contributed by atoms with Crippen LogP contribution in [0.25, 0.3) is 0 Å². The van der Waals surface area contributed by atoms with Gasteiger partial charge in [0.25, 0.3) is 6.29 Å². The molecular formula is C51H90NO8+. The number of carbonyl (C=O) groups is 3. The fraction of sp³-hybridized carbons (Fsp3) is 0.745. The third-order valence-electron chi connectivity index (χ3n) is 10.0. The average molecular weight is 845 g/mol. The predicted molar refractivity (Wildman–Crippen MR) is 249 cm³/mol. The fourth-order valence-electron chi connectivity index (χ4n) is 6.33. The number of hydrogen-bond acceptors (Lipinski definition) is 7. The Labute approximate surface area is 367 Å². The molecule has 2 atom stereocenters. The molecule has 0 spiro atoms. The Balaban J connectivity index is 4.09. The Morgan fingerprint density at radius 2 is 0.950 bits per heavy atom. The van der Waals surface area contributed by atoms with Crippen LogP contribution < -0.4 is 0 Å². The summed E-state index contributed by atoms with van der Waals surface area (Å²) in [6.45, 7) is 4.68. The Kier molecular flexibility index (Phi) is 40.5. The summed E-state index contributed by atoms with van der Waals surface area (Å²) in [5.74, 6) is -2.02. The van der Waals surface area contributed by atoms with E-state index in [0.717, 1.165) is 77.0 Å². The van der Waals surface area contributed by atoms with E-state index in [4.69, 9.17) is 18.9 Å². The lowest BCUT2D eigenvalue weighted by molar-refractivity contribution is -0.870. The van der Waals surface area contributed by atoms with Gasteiger partial charge < -0.3 is 28.5 Å². The summed E-state index contributed by atoms with van der Waals surface area (Å²) in [7, 11) is 5.94. The van der Waals surface area contributed by atoms with Gasteiger partial charge in [-0.3, -0.25) is 9.59 Å². The molecule has 0 fully saturated rings. The highest BCUT2D eigenvalue weighted by molar-refractivity contribution is 5.71. The van der Waals surface area contributed by atoms with Crippen LogP contribution in [0.4, 0.5) is 0 Å². The molecule has 60 heavy (non-hydrogen) atoms. The Hall–Kier alpha value is -3.01. The Morgan fingerprint density at radius 3 is 1.42 bits per heavy atom. The molecule has 9 heteroatoms. The number of carboxylic acid groups (broad SMARTS) is 1.